The summed E-state index contributed by atoms with van der Waals surface area (Å²) in [6.07, 6.45) is 1.29. The van der Waals surface area contributed by atoms with Gasteiger partial charge in [0.1, 0.15) is 12.1 Å². The number of hydrogen-bond acceptors (Lipinski definition) is 3. The summed E-state index contributed by atoms with van der Waals surface area (Å²) in [7, 11) is 0. The Labute approximate surface area is 122 Å². The Morgan fingerprint density at radius 1 is 1.29 bits per heavy atom. The lowest BCUT2D eigenvalue weighted by Crippen LogP contribution is -2.50. The molecule has 1 aromatic rings. The maximum absolute atomic E-state index is 12.4. The number of amides is 2. The first-order valence-electron chi connectivity index (χ1n) is 6.90. The van der Waals surface area contributed by atoms with E-state index in [4.69, 9.17) is 5.11 Å². The summed E-state index contributed by atoms with van der Waals surface area (Å²) in [6, 6.07) is 7.20. The number of carboxylic acids is 1. The van der Waals surface area contributed by atoms with Crippen LogP contribution in [0.25, 0.3) is 0 Å². The molecule has 1 aliphatic rings. The van der Waals surface area contributed by atoms with E-state index in [9.17, 15) is 14.4 Å². The van der Waals surface area contributed by atoms with Gasteiger partial charge >= 0.3 is 5.97 Å². The molecule has 2 rings (SSSR count). The fourth-order valence-electron chi connectivity index (χ4n) is 2.40. The number of nitrogens with one attached hydrogen (secondary N) is 1. The van der Waals surface area contributed by atoms with Gasteiger partial charge in [0.05, 0.1) is 0 Å². The predicted octanol–water partition coefficient (Wildman–Crippen LogP) is 0.880. The summed E-state index contributed by atoms with van der Waals surface area (Å²) in [5.74, 6) is -1.70. The molecule has 6 nitrogen and oxygen atoms in total. The van der Waals surface area contributed by atoms with Gasteiger partial charge in [0, 0.05) is 12.1 Å². The molecule has 0 bridgehead atoms. The first-order valence-corrected chi connectivity index (χ1v) is 6.90. The molecule has 6 heteroatoms. The van der Waals surface area contributed by atoms with E-state index in [1.165, 1.54) is 11.8 Å². The fourth-order valence-corrected chi connectivity index (χ4v) is 2.40. The average Bonchev–Trinajstić information content (AvgIpc) is 2.96. The van der Waals surface area contributed by atoms with Gasteiger partial charge in [0.25, 0.3) is 5.91 Å². The van der Waals surface area contributed by atoms with Gasteiger partial charge in [-0.3, -0.25) is 14.4 Å². The van der Waals surface area contributed by atoms with Crippen LogP contribution in [0.4, 0.5) is 0 Å². The van der Waals surface area contributed by atoms with Gasteiger partial charge in [-0.1, -0.05) is 18.2 Å². The summed E-state index contributed by atoms with van der Waals surface area (Å²) in [6.45, 7) is 1.91. The summed E-state index contributed by atoms with van der Waals surface area (Å²) >= 11 is 0. The largest absolute Gasteiger partial charge is 0.480 e. The van der Waals surface area contributed by atoms with Crippen molar-refractivity contribution < 1.29 is 19.5 Å². The van der Waals surface area contributed by atoms with Gasteiger partial charge in [-0.05, 0) is 31.9 Å². The van der Waals surface area contributed by atoms with Crippen molar-refractivity contribution in [1.82, 2.24) is 10.2 Å². The van der Waals surface area contributed by atoms with Crippen LogP contribution in [0, 0.1) is 0 Å². The number of benzene rings is 1. The van der Waals surface area contributed by atoms with E-state index in [0.717, 1.165) is 6.42 Å². The van der Waals surface area contributed by atoms with Crippen LogP contribution in [0.3, 0.4) is 0 Å². The number of aliphatic carboxylic acids is 1. The molecule has 0 radical (unpaired) electrons. The minimum Gasteiger partial charge on any atom is -0.480 e. The Morgan fingerprint density at radius 2 is 1.95 bits per heavy atom. The van der Waals surface area contributed by atoms with Gasteiger partial charge in [-0.25, -0.2) is 0 Å². The first-order chi connectivity index (χ1) is 10.0. The van der Waals surface area contributed by atoms with Crippen LogP contribution in [0.2, 0.25) is 0 Å². The Kier molecular flexibility index (Phi) is 4.57. The molecule has 1 saturated heterocycles. The topological polar surface area (TPSA) is 86.7 Å². The summed E-state index contributed by atoms with van der Waals surface area (Å²) in [5, 5.41) is 11.3. The van der Waals surface area contributed by atoms with Gasteiger partial charge < -0.3 is 15.3 Å². The molecule has 1 aliphatic heterocycles. The molecule has 1 unspecified atom stereocenters. The van der Waals surface area contributed by atoms with Crippen molar-refractivity contribution in [2.45, 2.75) is 31.8 Å². The van der Waals surface area contributed by atoms with E-state index in [2.05, 4.69) is 5.32 Å². The Bertz CT molecular complexity index is 544. The molecular formula is C15H18N2O4. The van der Waals surface area contributed by atoms with Crippen LogP contribution in [0.1, 0.15) is 30.1 Å². The van der Waals surface area contributed by atoms with Crippen LogP contribution >= 0.6 is 0 Å². The zero-order chi connectivity index (χ0) is 15.4. The fraction of sp³-hybridized carbons (Fsp3) is 0.400. The molecule has 2 atom stereocenters. The molecule has 0 saturated carbocycles. The molecule has 21 heavy (non-hydrogen) atoms. The number of likely N-dealkylation sites (tertiary alicyclic amines) is 1. The maximum Gasteiger partial charge on any atom is 0.325 e. The quantitative estimate of drug-likeness (QED) is 0.862. The van der Waals surface area contributed by atoms with Gasteiger partial charge in [0.15, 0.2) is 0 Å². The molecule has 2 amide bonds. The van der Waals surface area contributed by atoms with Crippen LogP contribution in [0.5, 0.6) is 0 Å². The SMILES string of the molecule is C[C@@H](NC(=O)C1CCCN1C(=O)c1ccccc1)C(=O)O. The summed E-state index contributed by atoms with van der Waals surface area (Å²) in [5.41, 5.74) is 0.531. The van der Waals surface area contributed by atoms with Crippen LogP contribution in [0.15, 0.2) is 30.3 Å². The predicted molar refractivity (Wildman–Crippen MR) is 75.7 cm³/mol. The molecular weight excluding hydrogens is 272 g/mol. The number of rotatable bonds is 4. The Balaban J connectivity index is 2.08. The molecule has 1 aromatic carbocycles. The highest BCUT2D eigenvalue weighted by Crippen LogP contribution is 2.20. The molecule has 1 heterocycles. The van der Waals surface area contributed by atoms with Crippen molar-refractivity contribution in [2.75, 3.05) is 6.54 Å². The molecule has 0 aliphatic carbocycles. The first kappa shape index (κ1) is 15.0. The van der Waals surface area contributed by atoms with Gasteiger partial charge in [-0.2, -0.15) is 0 Å². The number of carboxylic acid groups (broad SMARTS) is 1. The third kappa shape index (κ3) is 3.39. The number of nitrogens with zero attached hydrogens (tertiary/aromatic N) is 1. The van der Waals surface area contributed by atoms with E-state index in [1.54, 1.807) is 24.3 Å². The third-order valence-corrected chi connectivity index (χ3v) is 3.57. The number of carbonyl (C=O) groups excluding carboxylic acids is 2. The van der Waals surface area contributed by atoms with Crippen molar-refractivity contribution >= 4 is 17.8 Å². The lowest BCUT2D eigenvalue weighted by atomic mass is 10.1. The number of carbonyl (C=O) groups is 3. The van der Waals surface area contributed by atoms with Crippen molar-refractivity contribution in [3.05, 3.63) is 35.9 Å². The molecule has 1 fully saturated rings. The highest BCUT2D eigenvalue weighted by atomic mass is 16.4. The van der Waals surface area contributed by atoms with E-state index in [1.807, 2.05) is 6.07 Å². The molecule has 0 spiro atoms. The minimum atomic E-state index is -1.10. The van der Waals surface area contributed by atoms with Crippen molar-refractivity contribution in [3.63, 3.8) is 0 Å². The maximum atomic E-state index is 12.4. The average molecular weight is 290 g/mol. The smallest absolute Gasteiger partial charge is 0.325 e. The Morgan fingerprint density at radius 3 is 2.57 bits per heavy atom. The van der Waals surface area contributed by atoms with Crippen molar-refractivity contribution in [3.8, 4) is 0 Å². The van der Waals surface area contributed by atoms with Gasteiger partial charge in [-0.15, -0.1) is 0 Å². The van der Waals surface area contributed by atoms with Crippen LogP contribution in [-0.4, -0.2) is 46.4 Å². The lowest BCUT2D eigenvalue weighted by molar-refractivity contribution is -0.141. The second-order valence-corrected chi connectivity index (χ2v) is 5.09. The molecule has 112 valence electrons. The van der Waals surface area contributed by atoms with Crippen molar-refractivity contribution in [2.24, 2.45) is 0 Å². The molecule has 2 N–H and O–H groups in total. The van der Waals surface area contributed by atoms with E-state index in [0.29, 0.717) is 18.5 Å². The monoisotopic (exact) mass is 290 g/mol. The lowest BCUT2D eigenvalue weighted by Gasteiger charge is -2.24. The summed E-state index contributed by atoms with van der Waals surface area (Å²) < 4.78 is 0. The van der Waals surface area contributed by atoms with E-state index in [-0.39, 0.29) is 5.91 Å². The van der Waals surface area contributed by atoms with Crippen LogP contribution < -0.4 is 5.32 Å². The molecule has 0 aromatic heterocycles. The zero-order valence-electron chi connectivity index (χ0n) is 11.8. The van der Waals surface area contributed by atoms with Crippen LogP contribution in [-0.2, 0) is 9.59 Å². The van der Waals surface area contributed by atoms with Gasteiger partial charge in [0.2, 0.25) is 5.91 Å². The van der Waals surface area contributed by atoms with E-state index < -0.39 is 24.0 Å². The van der Waals surface area contributed by atoms with Crippen molar-refractivity contribution in [1.29, 1.82) is 0 Å². The minimum absolute atomic E-state index is 0.198. The second-order valence-electron chi connectivity index (χ2n) is 5.09. The third-order valence-electron chi connectivity index (χ3n) is 3.57. The standard InChI is InChI=1S/C15H18N2O4/c1-10(15(20)21)16-13(18)12-8-5-9-17(12)14(19)11-6-3-2-4-7-11/h2-4,6-7,10,12H,5,8-9H2,1H3,(H,16,18)(H,20,21)/t10-,12?/m1/s1. The second kappa shape index (κ2) is 6.39. The Hall–Kier alpha value is -2.37. The highest BCUT2D eigenvalue weighted by Gasteiger charge is 2.35. The number of hydrogen-bond donors (Lipinski definition) is 2. The normalized spacial score (nSPS) is 19.1. The zero-order valence-corrected chi connectivity index (χ0v) is 11.8. The summed E-state index contributed by atoms with van der Waals surface area (Å²) in [4.78, 5) is 36.9. The highest BCUT2D eigenvalue weighted by molar-refractivity contribution is 5.98. The van der Waals surface area contributed by atoms with E-state index >= 15 is 0 Å².